The molecule has 0 bridgehead atoms. The van der Waals surface area contributed by atoms with Gasteiger partial charge in [0.2, 0.25) is 0 Å². The summed E-state index contributed by atoms with van der Waals surface area (Å²) in [7, 11) is 0. The molecule has 1 N–H and O–H groups in total. The maximum absolute atomic E-state index is 9.57. The van der Waals surface area contributed by atoms with Crippen LogP contribution in [-0.4, -0.2) is 35.7 Å². The fraction of sp³-hybridized carbons (Fsp3) is 0.600. The molecule has 18 heavy (non-hydrogen) atoms. The van der Waals surface area contributed by atoms with Crippen LogP contribution in [0.3, 0.4) is 0 Å². The van der Waals surface area contributed by atoms with E-state index >= 15 is 0 Å². The molecule has 2 rings (SSSR count). The topological polar surface area (TPSA) is 23.5 Å². The van der Waals surface area contributed by atoms with Crippen LogP contribution in [0.1, 0.15) is 25.3 Å². The van der Waals surface area contributed by atoms with Crippen LogP contribution in [0.5, 0.6) is 0 Å². The minimum absolute atomic E-state index is 0.140. The highest BCUT2D eigenvalue weighted by molar-refractivity contribution is 9.10. The highest BCUT2D eigenvalue weighted by Crippen LogP contribution is 2.20. The van der Waals surface area contributed by atoms with Crippen LogP contribution < -0.4 is 0 Å². The van der Waals surface area contributed by atoms with E-state index in [2.05, 4.69) is 45.1 Å². The van der Waals surface area contributed by atoms with Crippen molar-refractivity contribution in [2.24, 2.45) is 5.92 Å². The van der Waals surface area contributed by atoms with Gasteiger partial charge in [-0.15, -0.1) is 0 Å². The molecule has 1 unspecified atom stereocenters. The Morgan fingerprint density at radius 1 is 1.28 bits per heavy atom. The summed E-state index contributed by atoms with van der Waals surface area (Å²) < 4.78 is 1.14. The van der Waals surface area contributed by atoms with Crippen LogP contribution in [0.15, 0.2) is 28.7 Å². The lowest BCUT2D eigenvalue weighted by atomic mass is 9.92. The first-order valence-corrected chi connectivity index (χ1v) is 7.59. The van der Waals surface area contributed by atoms with Crippen molar-refractivity contribution in [1.29, 1.82) is 0 Å². The van der Waals surface area contributed by atoms with E-state index in [4.69, 9.17) is 0 Å². The zero-order valence-corrected chi connectivity index (χ0v) is 12.6. The number of nitrogens with zero attached hydrogens (tertiary/aromatic N) is 1. The van der Waals surface area contributed by atoms with E-state index in [1.54, 1.807) is 0 Å². The smallest absolute Gasteiger partial charge is 0.0541 e. The second kappa shape index (κ2) is 6.69. The van der Waals surface area contributed by atoms with Crippen molar-refractivity contribution >= 4 is 15.9 Å². The summed E-state index contributed by atoms with van der Waals surface area (Å²) in [4.78, 5) is 2.51. The van der Waals surface area contributed by atoms with Gasteiger partial charge in [-0.3, -0.25) is 0 Å². The van der Waals surface area contributed by atoms with Crippen LogP contribution in [0.2, 0.25) is 0 Å². The Kier molecular flexibility index (Phi) is 5.22. The summed E-state index contributed by atoms with van der Waals surface area (Å²) in [6, 6.07) is 8.59. The van der Waals surface area contributed by atoms with Gasteiger partial charge in [0.25, 0.3) is 0 Å². The predicted molar refractivity (Wildman–Crippen MR) is 78.7 cm³/mol. The van der Waals surface area contributed by atoms with Crippen LogP contribution in [0, 0.1) is 5.92 Å². The van der Waals surface area contributed by atoms with Gasteiger partial charge in [-0.2, -0.15) is 0 Å². The summed E-state index contributed by atoms with van der Waals surface area (Å²) in [5, 5.41) is 9.57. The average molecular weight is 312 g/mol. The van der Waals surface area contributed by atoms with Crippen molar-refractivity contribution in [2.75, 3.05) is 19.6 Å². The fourth-order valence-electron chi connectivity index (χ4n) is 2.60. The van der Waals surface area contributed by atoms with Gasteiger partial charge in [0, 0.05) is 11.0 Å². The number of halogens is 1. The molecule has 1 aliphatic rings. The Labute approximate surface area is 118 Å². The number of aliphatic hydroxyl groups excluding tert-OH is 1. The maximum atomic E-state index is 9.57. The standard InChI is InChI=1S/C15H22BrNO/c1-12(18)14-7-10-17(11-8-14)9-6-13-2-4-15(16)5-3-13/h2-5,12,14,18H,6-11H2,1H3. The summed E-state index contributed by atoms with van der Waals surface area (Å²) in [6.45, 7) is 5.31. The number of aliphatic hydroxyl groups is 1. The van der Waals surface area contributed by atoms with Crippen molar-refractivity contribution in [1.82, 2.24) is 4.90 Å². The molecule has 100 valence electrons. The molecule has 1 aromatic rings. The molecular formula is C15H22BrNO. The Hall–Kier alpha value is -0.380. The van der Waals surface area contributed by atoms with Crippen LogP contribution >= 0.6 is 15.9 Å². The normalized spacial score (nSPS) is 19.9. The van der Waals surface area contributed by atoms with E-state index in [9.17, 15) is 5.11 Å². The van der Waals surface area contributed by atoms with Crippen LogP contribution in [0.25, 0.3) is 0 Å². The minimum Gasteiger partial charge on any atom is -0.393 e. The van der Waals surface area contributed by atoms with E-state index in [0.29, 0.717) is 5.92 Å². The summed E-state index contributed by atoms with van der Waals surface area (Å²) in [5.41, 5.74) is 1.40. The number of hydrogen-bond donors (Lipinski definition) is 1. The fourth-order valence-corrected chi connectivity index (χ4v) is 2.86. The molecule has 0 spiro atoms. The second-order valence-electron chi connectivity index (χ2n) is 5.30. The zero-order valence-electron chi connectivity index (χ0n) is 11.0. The molecule has 0 aromatic heterocycles. The first-order chi connectivity index (χ1) is 8.65. The molecule has 1 heterocycles. The van der Waals surface area contributed by atoms with E-state index in [1.807, 2.05) is 6.92 Å². The third kappa shape index (κ3) is 4.08. The Bertz CT molecular complexity index is 355. The lowest BCUT2D eigenvalue weighted by Crippen LogP contribution is -2.38. The number of rotatable bonds is 4. The number of likely N-dealkylation sites (tertiary alicyclic amines) is 1. The molecule has 0 saturated carbocycles. The van der Waals surface area contributed by atoms with Gasteiger partial charge in [0.05, 0.1) is 6.10 Å². The van der Waals surface area contributed by atoms with E-state index < -0.39 is 0 Å². The molecule has 1 aliphatic heterocycles. The summed E-state index contributed by atoms with van der Waals surface area (Å²) in [6.07, 6.45) is 3.25. The number of hydrogen-bond acceptors (Lipinski definition) is 2. The molecule has 1 aromatic carbocycles. The second-order valence-corrected chi connectivity index (χ2v) is 6.21. The van der Waals surface area contributed by atoms with Crippen molar-refractivity contribution in [3.05, 3.63) is 34.3 Å². The van der Waals surface area contributed by atoms with Crippen molar-refractivity contribution in [3.8, 4) is 0 Å². The Morgan fingerprint density at radius 2 is 1.89 bits per heavy atom. The number of benzene rings is 1. The highest BCUT2D eigenvalue weighted by Gasteiger charge is 2.22. The van der Waals surface area contributed by atoms with Crippen molar-refractivity contribution < 1.29 is 5.11 Å². The SMILES string of the molecule is CC(O)C1CCN(CCc2ccc(Br)cc2)CC1. The monoisotopic (exact) mass is 311 g/mol. The first kappa shape index (κ1) is 14.0. The third-order valence-corrected chi connectivity index (χ3v) is 4.47. The van der Waals surface area contributed by atoms with E-state index in [-0.39, 0.29) is 6.10 Å². The van der Waals surface area contributed by atoms with Crippen molar-refractivity contribution in [3.63, 3.8) is 0 Å². The van der Waals surface area contributed by atoms with E-state index in [1.165, 1.54) is 5.56 Å². The van der Waals surface area contributed by atoms with Gasteiger partial charge in [0.15, 0.2) is 0 Å². The van der Waals surface area contributed by atoms with Gasteiger partial charge in [-0.05, 0) is 62.9 Å². The zero-order chi connectivity index (χ0) is 13.0. The van der Waals surface area contributed by atoms with Gasteiger partial charge in [-0.25, -0.2) is 0 Å². The number of piperidine rings is 1. The Balaban J connectivity index is 1.74. The minimum atomic E-state index is -0.140. The average Bonchev–Trinajstić information content (AvgIpc) is 2.38. The molecule has 3 heteroatoms. The molecule has 0 radical (unpaired) electrons. The lowest BCUT2D eigenvalue weighted by Gasteiger charge is -2.33. The molecule has 0 amide bonds. The predicted octanol–water partition coefficient (Wildman–Crippen LogP) is 3.08. The Morgan fingerprint density at radius 3 is 2.44 bits per heavy atom. The van der Waals surface area contributed by atoms with Gasteiger partial charge >= 0.3 is 0 Å². The summed E-state index contributed by atoms with van der Waals surface area (Å²) in [5.74, 6) is 0.508. The first-order valence-electron chi connectivity index (χ1n) is 6.80. The van der Waals surface area contributed by atoms with Crippen LogP contribution in [-0.2, 0) is 6.42 Å². The van der Waals surface area contributed by atoms with Gasteiger partial charge in [0.1, 0.15) is 0 Å². The third-order valence-electron chi connectivity index (χ3n) is 3.94. The van der Waals surface area contributed by atoms with Gasteiger partial charge in [-0.1, -0.05) is 28.1 Å². The highest BCUT2D eigenvalue weighted by atomic mass is 79.9. The van der Waals surface area contributed by atoms with Crippen molar-refractivity contribution in [2.45, 2.75) is 32.3 Å². The molecule has 0 aliphatic carbocycles. The largest absolute Gasteiger partial charge is 0.393 e. The molecular weight excluding hydrogens is 290 g/mol. The summed E-state index contributed by atoms with van der Waals surface area (Å²) >= 11 is 3.46. The van der Waals surface area contributed by atoms with Crippen LogP contribution in [0.4, 0.5) is 0 Å². The van der Waals surface area contributed by atoms with E-state index in [0.717, 1.165) is 43.4 Å². The van der Waals surface area contributed by atoms with Gasteiger partial charge < -0.3 is 10.0 Å². The quantitative estimate of drug-likeness (QED) is 0.923. The molecule has 1 atom stereocenters. The lowest BCUT2D eigenvalue weighted by molar-refractivity contribution is 0.0723. The molecule has 1 saturated heterocycles. The maximum Gasteiger partial charge on any atom is 0.0541 e. The molecule has 1 fully saturated rings. The molecule has 2 nitrogen and oxygen atoms in total.